The molecule has 0 radical (unpaired) electrons. The van der Waals surface area contributed by atoms with Gasteiger partial charge in [0.1, 0.15) is 0 Å². The summed E-state index contributed by atoms with van der Waals surface area (Å²) in [6.45, 7) is 5.19. The zero-order valence-electron chi connectivity index (χ0n) is 10.7. The lowest BCUT2D eigenvalue weighted by molar-refractivity contribution is 0.00193. The third-order valence-electron chi connectivity index (χ3n) is 3.62. The topological polar surface area (TPSA) is 55.5 Å². The van der Waals surface area contributed by atoms with Crippen molar-refractivity contribution < 1.29 is 9.84 Å². The van der Waals surface area contributed by atoms with Gasteiger partial charge in [-0.25, -0.2) is 0 Å². The number of ether oxygens (including phenoxy) is 1. The van der Waals surface area contributed by atoms with Gasteiger partial charge in [0.2, 0.25) is 0 Å². The molecule has 0 bridgehead atoms. The Balaban J connectivity index is 2.03. The maximum atomic E-state index is 9.71. The van der Waals surface area contributed by atoms with Crippen molar-refractivity contribution in [2.45, 2.75) is 64.1 Å². The lowest BCUT2D eigenvalue weighted by atomic mass is 9.89. The largest absolute Gasteiger partial charge is 0.389 e. The van der Waals surface area contributed by atoms with Crippen LogP contribution in [-0.2, 0) is 4.74 Å². The summed E-state index contributed by atoms with van der Waals surface area (Å²) in [5.41, 5.74) is 4.74. The summed E-state index contributed by atoms with van der Waals surface area (Å²) in [5.74, 6) is 0.873. The zero-order chi connectivity index (χ0) is 12.0. The first-order valence-corrected chi connectivity index (χ1v) is 6.57. The van der Waals surface area contributed by atoms with E-state index in [0.29, 0.717) is 12.6 Å². The predicted octanol–water partition coefficient (Wildman–Crippen LogP) is 2.07. The average Bonchev–Trinajstić information content (AvgIpc) is 2.27. The fourth-order valence-electron chi connectivity index (χ4n) is 2.20. The molecule has 1 aliphatic rings. The van der Waals surface area contributed by atoms with Gasteiger partial charge < -0.3 is 15.6 Å². The third-order valence-corrected chi connectivity index (χ3v) is 3.62. The van der Waals surface area contributed by atoms with E-state index < -0.39 is 5.60 Å². The Morgan fingerprint density at radius 3 is 2.50 bits per heavy atom. The van der Waals surface area contributed by atoms with Crippen molar-refractivity contribution in [3.05, 3.63) is 0 Å². The number of rotatable bonds is 6. The van der Waals surface area contributed by atoms with Gasteiger partial charge in [0.05, 0.1) is 11.7 Å². The van der Waals surface area contributed by atoms with E-state index in [-0.39, 0.29) is 0 Å². The lowest BCUT2D eigenvalue weighted by Crippen LogP contribution is -2.34. The second-order valence-electron chi connectivity index (χ2n) is 5.56. The summed E-state index contributed by atoms with van der Waals surface area (Å²) in [4.78, 5) is 0. The fraction of sp³-hybridized carbons (Fsp3) is 1.00. The smallest absolute Gasteiger partial charge is 0.0742 e. The van der Waals surface area contributed by atoms with Gasteiger partial charge >= 0.3 is 0 Å². The van der Waals surface area contributed by atoms with Crippen LogP contribution in [0.5, 0.6) is 0 Å². The van der Waals surface area contributed by atoms with Gasteiger partial charge in [-0.2, -0.15) is 0 Å². The highest BCUT2D eigenvalue weighted by Crippen LogP contribution is 2.25. The fourth-order valence-corrected chi connectivity index (χ4v) is 2.20. The summed E-state index contributed by atoms with van der Waals surface area (Å²) in [6.07, 6.45) is 7.08. The van der Waals surface area contributed by atoms with E-state index in [9.17, 15) is 5.11 Å². The molecular weight excluding hydrogens is 202 g/mol. The van der Waals surface area contributed by atoms with Crippen LogP contribution in [0.15, 0.2) is 0 Å². The van der Waals surface area contributed by atoms with Gasteiger partial charge in [0.25, 0.3) is 0 Å². The molecule has 1 aliphatic carbocycles. The molecule has 1 unspecified atom stereocenters. The molecule has 0 aliphatic heterocycles. The van der Waals surface area contributed by atoms with Crippen molar-refractivity contribution >= 4 is 0 Å². The van der Waals surface area contributed by atoms with Crippen molar-refractivity contribution in [3.63, 3.8) is 0 Å². The van der Waals surface area contributed by atoms with Crippen LogP contribution < -0.4 is 5.73 Å². The number of aliphatic hydroxyl groups is 1. The molecule has 1 fully saturated rings. The van der Waals surface area contributed by atoms with Crippen LogP contribution in [0.1, 0.15) is 52.4 Å². The molecule has 3 nitrogen and oxygen atoms in total. The monoisotopic (exact) mass is 229 g/mol. The minimum atomic E-state index is -0.718. The van der Waals surface area contributed by atoms with E-state index in [4.69, 9.17) is 10.5 Å². The van der Waals surface area contributed by atoms with Crippen molar-refractivity contribution in [3.8, 4) is 0 Å². The molecular formula is C13H27NO2. The van der Waals surface area contributed by atoms with E-state index in [1.807, 2.05) is 0 Å². The lowest BCUT2D eigenvalue weighted by Gasteiger charge is -2.27. The van der Waals surface area contributed by atoms with E-state index in [0.717, 1.165) is 25.4 Å². The van der Waals surface area contributed by atoms with Crippen LogP contribution in [0.3, 0.4) is 0 Å². The van der Waals surface area contributed by atoms with Gasteiger partial charge in [-0.15, -0.1) is 0 Å². The molecule has 3 N–H and O–H groups in total. The van der Waals surface area contributed by atoms with Crippen molar-refractivity contribution in [2.75, 3.05) is 13.2 Å². The maximum absolute atomic E-state index is 9.71. The molecule has 1 saturated carbocycles. The number of hydrogen-bond acceptors (Lipinski definition) is 3. The quantitative estimate of drug-likeness (QED) is 0.686. The first-order valence-electron chi connectivity index (χ1n) is 6.57. The Labute approximate surface area is 99.4 Å². The maximum Gasteiger partial charge on any atom is 0.0742 e. The van der Waals surface area contributed by atoms with Crippen LogP contribution in [0, 0.1) is 5.92 Å². The van der Waals surface area contributed by atoms with Gasteiger partial charge in [-0.1, -0.05) is 6.92 Å². The molecule has 16 heavy (non-hydrogen) atoms. The molecule has 0 aromatic rings. The van der Waals surface area contributed by atoms with E-state index in [1.54, 1.807) is 6.92 Å². The zero-order valence-corrected chi connectivity index (χ0v) is 10.7. The summed E-state index contributed by atoms with van der Waals surface area (Å²) in [7, 11) is 0. The minimum absolute atomic E-state index is 0.327. The average molecular weight is 229 g/mol. The van der Waals surface area contributed by atoms with E-state index >= 15 is 0 Å². The van der Waals surface area contributed by atoms with Crippen molar-refractivity contribution in [1.82, 2.24) is 0 Å². The summed E-state index contributed by atoms with van der Waals surface area (Å²) >= 11 is 0. The SMILES string of the molecule is CC1CCC(OCCCC(C)(O)CN)CC1. The molecule has 1 rings (SSSR count). The second kappa shape index (κ2) is 6.58. The first-order chi connectivity index (χ1) is 7.53. The molecule has 3 heteroatoms. The van der Waals surface area contributed by atoms with Gasteiger partial charge in [-0.05, 0) is 51.4 Å². The normalized spacial score (nSPS) is 30.0. The number of hydrogen-bond donors (Lipinski definition) is 2. The highest BCUT2D eigenvalue weighted by atomic mass is 16.5. The van der Waals surface area contributed by atoms with E-state index in [2.05, 4.69) is 6.92 Å². The van der Waals surface area contributed by atoms with Gasteiger partial charge in [-0.3, -0.25) is 0 Å². The van der Waals surface area contributed by atoms with Crippen molar-refractivity contribution in [2.24, 2.45) is 11.7 Å². The Morgan fingerprint density at radius 2 is 1.94 bits per heavy atom. The molecule has 0 aromatic heterocycles. The Morgan fingerprint density at radius 1 is 1.31 bits per heavy atom. The van der Waals surface area contributed by atoms with Crippen LogP contribution >= 0.6 is 0 Å². The molecule has 1 atom stereocenters. The second-order valence-corrected chi connectivity index (χ2v) is 5.56. The minimum Gasteiger partial charge on any atom is -0.389 e. The Kier molecular flexibility index (Phi) is 5.73. The van der Waals surface area contributed by atoms with Gasteiger partial charge in [0, 0.05) is 13.2 Å². The van der Waals surface area contributed by atoms with Gasteiger partial charge in [0.15, 0.2) is 0 Å². The first kappa shape index (κ1) is 13.9. The Hall–Kier alpha value is -0.120. The molecule has 0 amide bonds. The predicted molar refractivity (Wildman–Crippen MR) is 66.3 cm³/mol. The Bertz CT molecular complexity index is 186. The molecule has 96 valence electrons. The highest BCUT2D eigenvalue weighted by Gasteiger charge is 2.20. The van der Waals surface area contributed by atoms with Crippen LogP contribution in [0.4, 0.5) is 0 Å². The summed E-state index contributed by atoms with van der Waals surface area (Å²) < 4.78 is 5.82. The summed E-state index contributed by atoms with van der Waals surface area (Å²) in [5, 5.41) is 9.71. The highest BCUT2D eigenvalue weighted by molar-refractivity contribution is 4.73. The van der Waals surface area contributed by atoms with Crippen molar-refractivity contribution in [1.29, 1.82) is 0 Å². The number of nitrogens with two attached hydrogens (primary N) is 1. The summed E-state index contributed by atoms with van der Waals surface area (Å²) in [6, 6.07) is 0. The molecule has 0 saturated heterocycles. The van der Waals surface area contributed by atoms with Crippen LogP contribution in [0.2, 0.25) is 0 Å². The molecule has 0 heterocycles. The van der Waals surface area contributed by atoms with Crippen LogP contribution in [0.25, 0.3) is 0 Å². The van der Waals surface area contributed by atoms with E-state index in [1.165, 1.54) is 25.7 Å². The van der Waals surface area contributed by atoms with Crippen LogP contribution in [-0.4, -0.2) is 30.0 Å². The third kappa shape index (κ3) is 5.28. The molecule has 0 spiro atoms. The standard InChI is InChI=1S/C13H27NO2/c1-11-4-6-12(7-5-11)16-9-3-8-13(2,15)10-14/h11-12,15H,3-10,14H2,1-2H3. The molecule has 0 aromatic carbocycles.